The predicted molar refractivity (Wildman–Crippen MR) is 68.3 cm³/mol. The van der Waals surface area contributed by atoms with E-state index in [0.717, 1.165) is 18.9 Å². The first kappa shape index (κ1) is 11.8. The molecule has 0 atom stereocenters. The molecule has 0 saturated heterocycles. The van der Waals surface area contributed by atoms with Gasteiger partial charge in [-0.15, -0.1) is 0 Å². The van der Waals surface area contributed by atoms with Crippen LogP contribution >= 0.6 is 0 Å². The van der Waals surface area contributed by atoms with Gasteiger partial charge in [-0.1, -0.05) is 25.3 Å². The number of anilines is 2. The third kappa shape index (κ3) is 2.70. The molecular weight excluding hydrogens is 216 g/mol. The molecule has 4 nitrogen and oxygen atoms in total. The van der Waals surface area contributed by atoms with Crippen molar-refractivity contribution in [1.29, 1.82) is 0 Å². The molecule has 1 fully saturated rings. The van der Waals surface area contributed by atoms with Crippen molar-refractivity contribution in [3.8, 4) is 0 Å². The number of carboxylic acid groups (broad SMARTS) is 1. The lowest BCUT2D eigenvalue weighted by molar-refractivity contribution is 0.0698. The molecule has 0 unspecified atom stereocenters. The van der Waals surface area contributed by atoms with E-state index in [-0.39, 0.29) is 5.56 Å². The van der Waals surface area contributed by atoms with Crippen molar-refractivity contribution in [2.45, 2.75) is 25.7 Å². The maximum atomic E-state index is 11.0. The summed E-state index contributed by atoms with van der Waals surface area (Å²) in [5, 5.41) is 12.2. The summed E-state index contributed by atoms with van der Waals surface area (Å²) in [6.07, 6.45) is 5.03. The molecule has 1 aromatic carbocycles. The van der Waals surface area contributed by atoms with Crippen LogP contribution in [0, 0.1) is 5.92 Å². The van der Waals surface area contributed by atoms with Gasteiger partial charge < -0.3 is 16.2 Å². The lowest BCUT2D eigenvalue weighted by atomic mass is 9.83. The normalized spacial score (nSPS) is 15.3. The minimum atomic E-state index is -0.941. The average Bonchev–Trinajstić information content (AvgIpc) is 2.23. The number of carbonyl (C=O) groups is 1. The molecule has 4 N–H and O–H groups in total. The summed E-state index contributed by atoms with van der Waals surface area (Å²) >= 11 is 0. The summed E-state index contributed by atoms with van der Waals surface area (Å²) in [5.41, 5.74) is 7.10. The van der Waals surface area contributed by atoms with Crippen molar-refractivity contribution >= 4 is 17.3 Å². The number of hydrogen-bond donors (Lipinski definition) is 3. The van der Waals surface area contributed by atoms with E-state index in [1.807, 2.05) is 0 Å². The number of hydrogen-bond acceptors (Lipinski definition) is 3. The van der Waals surface area contributed by atoms with Crippen LogP contribution < -0.4 is 11.1 Å². The fourth-order valence-corrected chi connectivity index (χ4v) is 2.13. The molecule has 0 bridgehead atoms. The molecule has 1 aliphatic rings. The van der Waals surface area contributed by atoms with Crippen LogP contribution in [0.4, 0.5) is 11.4 Å². The van der Waals surface area contributed by atoms with Crippen LogP contribution in [-0.2, 0) is 0 Å². The second kappa shape index (κ2) is 5.08. The Labute approximate surface area is 101 Å². The van der Waals surface area contributed by atoms with Crippen molar-refractivity contribution in [3.63, 3.8) is 0 Å². The third-order valence-corrected chi connectivity index (χ3v) is 3.41. The number of nitrogens with two attached hydrogens (primary N) is 1. The molecule has 0 aliphatic heterocycles. The summed E-state index contributed by atoms with van der Waals surface area (Å²) in [6.45, 7) is 0.791. The Morgan fingerprint density at radius 1 is 1.47 bits per heavy atom. The lowest BCUT2D eigenvalue weighted by Gasteiger charge is -2.25. The van der Waals surface area contributed by atoms with E-state index in [9.17, 15) is 4.79 Å². The Morgan fingerprint density at radius 3 is 2.82 bits per heavy atom. The third-order valence-electron chi connectivity index (χ3n) is 3.41. The van der Waals surface area contributed by atoms with Gasteiger partial charge in [-0.25, -0.2) is 4.79 Å². The molecule has 4 heteroatoms. The second-order valence-electron chi connectivity index (χ2n) is 4.59. The summed E-state index contributed by atoms with van der Waals surface area (Å²) in [5.74, 6) is -0.135. The SMILES string of the molecule is Nc1cccc(C(=O)O)c1NCCC1CCC1. The number of benzene rings is 1. The zero-order chi connectivity index (χ0) is 12.3. The van der Waals surface area contributed by atoms with E-state index < -0.39 is 5.97 Å². The smallest absolute Gasteiger partial charge is 0.337 e. The first-order chi connectivity index (χ1) is 8.18. The predicted octanol–water partition coefficient (Wildman–Crippen LogP) is 2.57. The largest absolute Gasteiger partial charge is 0.478 e. The summed E-state index contributed by atoms with van der Waals surface area (Å²) < 4.78 is 0. The fourth-order valence-electron chi connectivity index (χ4n) is 2.13. The van der Waals surface area contributed by atoms with Crippen LogP contribution in [0.1, 0.15) is 36.0 Å². The fraction of sp³-hybridized carbons (Fsp3) is 0.462. The first-order valence-electron chi connectivity index (χ1n) is 6.04. The number of aromatic carboxylic acids is 1. The van der Waals surface area contributed by atoms with Gasteiger partial charge in [0.2, 0.25) is 0 Å². The monoisotopic (exact) mass is 234 g/mol. The zero-order valence-corrected chi connectivity index (χ0v) is 9.78. The summed E-state index contributed by atoms with van der Waals surface area (Å²) in [6, 6.07) is 4.96. The molecule has 1 aliphatic carbocycles. The van der Waals surface area contributed by atoms with Gasteiger partial charge in [-0.3, -0.25) is 0 Å². The Kier molecular flexibility index (Phi) is 3.52. The number of nitrogens with one attached hydrogen (secondary N) is 1. The maximum absolute atomic E-state index is 11.0. The Bertz CT molecular complexity index is 414. The molecule has 0 radical (unpaired) electrons. The minimum absolute atomic E-state index is 0.249. The summed E-state index contributed by atoms with van der Waals surface area (Å²) in [4.78, 5) is 11.0. The molecule has 2 rings (SSSR count). The number of rotatable bonds is 5. The first-order valence-corrected chi connectivity index (χ1v) is 6.04. The average molecular weight is 234 g/mol. The van der Waals surface area contributed by atoms with E-state index in [4.69, 9.17) is 10.8 Å². The highest BCUT2D eigenvalue weighted by Gasteiger charge is 2.17. The lowest BCUT2D eigenvalue weighted by Crippen LogP contribution is -2.17. The van der Waals surface area contributed by atoms with Gasteiger partial charge in [0.25, 0.3) is 0 Å². The quantitative estimate of drug-likeness (QED) is 0.684. The number of nitrogen functional groups attached to an aromatic ring is 1. The number of para-hydroxylation sites is 1. The minimum Gasteiger partial charge on any atom is -0.478 e. The van der Waals surface area contributed by atoms with Gasteiger partial charge in [-0.05, 0) is 24.5 Å². The molecule has 1 aromatic rings. The molecule has 0 amide bonds. The Balaban J connectivity index is 2.00. The van der Waals surface area contributed by atoms with Crippen LogP contribution in [0.3, 0.4) is 0 Å². The van der Waals surface area contributed by atoms with E-state index in [0.29, 0.717) is 11.4 Å². The molecule has 92 valence electrons. The van der Waals surface area contributed by atoms with Crippen LogP contribution in [0.5, 0.6) is 0 Å². The highest BCUT2D eigenvalue weighted by Crippen LogP contribution is 2.30. The highest BCUT2D eigenvalue weighted by atomic mass is 16.4. The van der Waals surface area contributed by atoms with Gasteiger partial charge in [0.05, 0.1) is 16.9 Å². The maximum Gasteiger partial charge on any atom is 0.337 e. The van der Waals surface area contributed by atoms with Crippen molar-refractivity contribution in [2.24, 2.45) is 5.92 Å². The van der Waals surface area contributed by atoms with Crippen LogP contribution in [0.2, 0.25) is 0 Å². The zero-order valence-electron chi connectivity index (χ0n) is 9.78. The Hall–Kier alpha value is -1.71. The highest BCUT2D eigenvalue weighted by molar-refractivity contribution is 5.97. The molecule has 0 spiro atoms. The van der Waals surface area contributed by atoms with Crippen LogP contribution in [-0.4, -0.2) is 17.6 Å². The molecule has 1 saturated carbocycles. The second-order valence-corrected chi connectivity index (χ2v) is 4.59. The molecule has 17 heavy (non-hydrogen) atoms. The van der Waals surface area contributed by atoms with Crippen molar-refractivity contribution in [1.82, 2.24) is 0 Å². The standard InChI is InChI=1S/C13H18N2O2/c14-11-6-2-5-10(13(16)17)12(11)15-8-7-9-3-1-4-9/h2,5-6,9,15H,1,3-4,7-8,14H2,(H,16,17). The van der Waals surface area contributed by atoms with Gasteiger partial charge in [0, 0.05) is 6.54 Å². The molecule has 0 heterocycles. The van der Waals surface area contributed by atoms with Gasteiger partial charge in [0.15, 0.2) is 0 Å². The van der Waals surface area contributed by atoms with Crippen molar-refractivity contribution in [3.05, 3.63) is 23.8 Å². The van der Waals surface area contributed by atoms with Gasteiger partial charge in [-0.2, -0.15) is 0 Å². The Morgan fingerprint density at radius 2 is 2.24 bits per heavy atom. The van der Waals surface area contributed by atoms with E-state index in [1.54, 1.807) is 18.2 Å². The topological polar surface area (TPSA) is 75.4 Å². The summed E-state index contributed by atoms with van der Waals surface area (Å²) in [7, 11) is 0. The van der Waals surface area contributed by atoms with Gasteiger partial charge >= 0.3 is 5.97 Å². The number of carboxylic acids is 1. The van der Waals surface area contributed by atoms with Gasteiger partial charge in [0.1, 0.15) is 0 Å². The van der Waals surface area contributed by atoms with E-state index in [2.05, 4.69) is 5.32 Å². The van der Waals surface area contributed by atoms with Crippen LogP contribution in [0.15, 0.2) is 18.2 Å². The van der Waals surface area contributed by atoms with Crippen LogP contribution in [0.25, 0.3) is 0 Å². The van der Waals surface area contributed by atoms with E-state index in [1.165, 1.54) is 19.3 Å². The molecular formula is C13H18N2O2. The molecule has 0 aromatic heterocycles. The van der Waals surface area contributed by atoms with E-state index >= 15 is 0 Å². The van der Waals surface area contributed by atoms with Crippen molar-refractivity contribution < 1.29 is 9.90 Å². The van der Waals surface area contributed by atoms with Crippen molar-refractivity contribution in [2.75, 3.05) is 17.6 Å².